The van der Waals surface area contributed by atoms with Gasteiger partial charge in [0.15, 0.2) is 0 Å². The molecule has 1 amide bonds. The molecule has 1 aliphatic heterocycles. The lowest BCUT2D eigenvalue weighted by molar-refractivity contribution is -0.130. The number of amides is 1. The Balaban J connectivity index is 1.74. The highest BCUT2D eigenvalue weighted by Gasteiger charge is 2.19. The van der Waals surface area contributed by atoms with Crippen molar-refractivity contribution in [3.05, 3.63) is 47.4 Å². The predicted molar refractivity (Wildman–Crippen MR) is 80.5 cm³/mol. The molecule has 2 aromatic rings. The van der Waals surface area contributed by atoms with E-state index in [0.29, 0.717) is 6.42 Å². The normalized spacial score (nSPS) is 16.0. The minimum Gasteiger partial charge on any atom is -0.342 e. The van der Waals surface area contributed by atoms with Gasteiger partial charge in [-0.2, -0.15) is 0 Å². The molecule has 3 heteroatoms. The summed E-state index contributed by atoms with van der Waals surface area (Å²) in [5.74, 6) is 0.246. The van der Waals surface area contributed by atoms with Gasteiger partial charge in [0.1, 0.15) is 0 Å². The first-order valence-corrected chi connectivity index (χ1v) is 7.51. The van der Waals surface area contributed by atoms with Gasteiger partial charge in [0.05, 0.1) is 6.42 Å². The number of nitrogens with zero attached hydrogens (tertiary/aromatic N) is 1. The van der Waals surface area contributed by atoms with E-state index < -0.39 is 0 Å². The van der Waals surface area contributed by atoms with E-state index in [0.717, 1.165) is 31.5 Å². The van der Waals surface area contributed by atoms with Crippen molar-refractivity contribution in [2.45, 2.75) is 19.3 Å². The zero-order valence-electron chi connectivity index (χ0n) is 10.9. The average molecular weight is 271 g/mol. The second-order valence-electron chi connectivity index (χ2n) is 5.06. The first-order valence-electron chi connectivity index (χ1n) is 6.63. The molecule has 2 nitrogen and oxygen atoms in total. The third kappa shape index (κ3) is 2.56. The van der Waals surface area contributed by atoms with Crippen LogP contribution in [-0.2, 0) is 11.2 Å². The number of carbonyl (C=O) groups excluding carboxylic acids is 1. The van der Waals surface area contributed by atoms with Crippen molar-refractivity contribution < 1.29 is 4.79 Å². The van der Waals surface area contributed by atoms with Crippen LogP contribution >= 0.6 is 11.3 Å². The van der Waals surface area contributed by atoms with Crippen molar-refractivity contribution in [2.24, 2.45) is 0 Å². The maximum Gasteiger partial charge on any atom is 0.227 e. The molecule has 1 fully saturated rings. The van der Waals surface area contributed by atoms with Gasteiger partial charge in [0.25, 0.3) is 0 Å². The second kappa shape index (κ2) is 5.17. The van der Waals surface area contributed by atoms with E-state index in [1.54, 1.807) is 11.3 Å². The standard InChI is InChI=1S/C16H17NOS/c1-12-6-8-17(9-7-12)16(18)10-13-11-19-15-5-3-2-4-14(13)15/h2-5,11H,1,6-10H2. The minimum absolute atomic E-state index is 0.246. The summed E-state index contributed by atoms with van der Waals surface area (Å²) >= 11 is 1.72. The van der Waals surface area contributed by atoms with Gasteiger partial charge in [0.2, 0.25) is 5.91 Å². The zero-order chi connectivity index (χ0) is 13.2. The number of rotatable bonds is 2. The molecule has 1 aromatic carbocycles. The van der Waals surface area contributed by atoms with Gasteiger partial charge in [-0.15, -0.1) is 11.3 Å². The van der Waals surface area contributed by atoms with Crippen molar-refractivity contribution >= 4 is 27.3 Å². The van der Waals surface area contributed by atoms with Gasteiger partial charge < -0.3 is 4.90 Å². The maximum absolute atomic E-state index is 12.3. The Bertz CT molecular complexity index is 618. The van der Waals surface area contributed by atoms with Crippen LogP contribution in [0.15, 0.2) is 41.8 Å². The molecular formula is C16H17NOS. The van der Waals surface area contributed by atoms with E-state index in [9.17, 15) is 4.79 Å². The van der Waals surface area contributed by atoms with Gasteiger partial charge >= 0.3 is 0 Å². The smallest absolute Gasteiger partial charge is 0.227 e. The quantitative estimate of drug-likeness (QED) is 0.764. The van der Waals surface area contributed by atoms with Crippen LogP contribution in [0.4, 0.5) is 0 Å². The predicted octanol–water partition coefficient (Wildman–Crippen LogP) is 3.62. The molecule has 0 bridgehead atoms. The number of fused-ring (bicyclic) bond motifs is 1. The molecule has 0 saturated carbocycles. The molecule has 0 N–H and O–H groups in total. The summed E-state index contributed by atoms with van der Waals surface area (Å²) in [6.45, 7) is 5.65. The van der Waals surface area contributed by atoms with Gasteiger partial charge in [0, 0.05) is 17.8 Å². The Morgan fingerprint density at radius 1 is 1.26 bits per heavy atom. The van der Waals surface area contributed by atoms with Crippen LogP contribution in [-0.4, -0.2) is 23.9 Å². The van der Waals surface area contributed by atoms with Gasteiger partial charge in [-0.1, -0.05) is 30.4 Å². The molecule has 0 spiro atoms. The number of piperidine rings is 1. The van der Waals surface area contributed by atoms with Crippen LogP contribution in [0.3, 0.4) is 0 Å². The van der Waals surface area contributed by atoms with Crippen LogP contribution in [0, 0.1) is 0 Å². The van der Waals surface area contributed by atoms with Crippen molar-refractivity contribution in [1.82, 2.24) is 4.90 Å². The topological polar surface area (TPSA) is 20.3 Å². The minimum atomic E-state index is 0.246. The fourth-order valence-corrected chi connectivity index (χ4v) is 3.48. The largest absolute Gasteiger partial charge is 0.342 e. The fourth-order valence-electron chi connectivity index (χ4n) is 2.52. The van der Waals surface area contributed by atoms with Gasteiger partial charge in [-0.3, -0.25) is 4.79 Å². The van der Waals surface area contributed by atoms with Crippen LogP contribution in [0.25, 0.3) is 10.1 Å². The van der Waals surface area contributed by atoms with E-state index >= 15 is 0 Å². The second-order valence-corrected chi connectivity index (χ2v) is 5.98. The Morgan fingerprint density at radius 2 is 2.00 bits per heavy atom. The molecule has 1 aliphatic rings. The van der Waals surface area contributed by atoms with Crippen LogP contribution in [0.5, 0.6) is 0 Å². The average Bonchev–Trinajstić information content (AvgIpc) is 2.83. The summed E-state index contributed by atoms with van der Waals surface area (Å²) in [7, 11) is 0. The number of hydrogen-bond donors (Lipinski definition) is 0. The lowest BCUT2D eigenvalue weighted by Crippen LogP contribution is -2.37. The molecule has 0 unspecified atom stereocenters. The van der Waals surface area contributed by atoms with E-state index in [2.05, 4.69) is 24.1 Å². The number of hydrogen-bond acceptors (Lipinski definition) is 2. The molecule has 2 heterocycles. The summed E-state index contributed by atoms with van der Waals surface area (Å²) in [6, 6.07) is 8.29. The highest BCUT2D eigenvalue weighted by Crippen LogP contribution is 2.26. The number of thiophene rings is 1. The highest BCUT2D eigenvalue weighted by atomic mass is 32.1. The lowest BCUT2D eigenvalue weighted by atomic mass is 10.0. The fraction of sp³-hybridized carbons (Fsp3) is 0.312. The van der Waals surface area contributed by atoms with Crippen LogP contribution in [0.2, 0.25) is 0 Å². The van der Waals surface area contributed by atoms with E-state index in [1.165, 1.54) is 15.7 Å². The highest BCUT2D eigenvalue weighted by molar-refractivity contribution is 7.17. The van der Waals surface area contributed by atoms with E-state index in [1.807, 2.05) is 17.0 Å². The molecular weight excluding hydrogens is 254 g/mol. The molecule has 0 radical (unpaired) electrons. The van der Waals surface area contributed by atoms with Crippen LogP contribution in [0.1, 0.15) is 18.4 Å². The van der Waals surface area contributed by atoms with Crippen molar-refractivity contribution in [2.75, 3.05) is 13.1 Å². The van der Waals surface area contributed by atoms with Crippen LogP contribution < -0.4 is 0 Å². The SMILES string of the molecule is C=C1CCN(C(=O)Cc2csc3ccccc23)CC1. The van der Waals surface area contributed by atoms with Gasteiger partial charge in [-0.25, -0.2) is 0 Å². The number of likely N-dealkylation sites (tertiary alicyclic amines) is 1. The third-order valence-electron chi connectivity index (χ3n) is 3.73. The summed E-state index contributed by atoms with van der Waals surface area (Å²) in [6.07, 6.45) is 2.43. The monoisotopic (exact) mass is 271 g/mol. The van der Waals surface area contributed by atoms with Gasteiger partial charge in [-0.05, 0) is 35.2 Å². The van der Waals surface area contributed by atoms with Crippen molar-refractivity contribution in [1.29, 1.82) is 0 Å². The molecule has 1 aromatic heterocycles. The van der Waals surface area contributed by atoms with Crippen molar-refractivity contribution in [3.63, 3.8) is 0 Å². The van der Waals surface area contributed by atoms with E-state index in [4.69, 9.17) is 0 Å². The number of carbonyl (C=O) groups is 1. The van der Waals surface area contributed by atoms with E-state index in [-0.39, 0.29) is 5.91 Å². The first-order chi connectivity index (χ1) is 9.24. The number of benzene rings is 1. The Kier molecular flexibility index (Phi) is 3.38. The molecule has 98 valence electrons. The summed E-state index contributed by atoms with van der Waals surface area (Å²) in [5, 5.41) is 3.34. The summed E-state index contributed by atoms with van der Waals surface area (Å²) in [5.41, 5.74) is 2.43. The lowest BCUT2D eigenvalue weighted by Gasteiger charge is -2.28. The first kappa shape index (κ1) is 12.4. The summed E-state index contributed by atoms with van der Waals surface area (Å²) < 4.78 is 1.26. The Labute approximate surface area is 117 Å². The molecule has 19 heavy (non-hydrogen) atoms. The third-order valence-corrected chi connectivity index (χ3v) is 4.74. The molecule has 3 rings (SSSR count). The molecule has 1 saturated heterocycles. The summed E-state index contributed by atoms with van der Waals surface area (Å²) in [4.78, 5) is 14.3. The van der Waals surface area contributed by atoms with Crippen molar-refractivity contribution in [3.8, 4) is 0 Å². The maximum atomic E-state index is 12.3. The Hall–Kier alpha value is -1.61. The zero-order valence-corrected chi connectivity index (χ0v) is 11.7. The molecule has 0 aliphatic carbocycles. The Morgan fingerprint density at radius 3 is 2.79 bits per heavy atom. The molecule has 0 atom stereocenters.